The maximum absolute atomic E-state index is 12.3. The van der Waals surface area contributed by atoms with Crippen molar-refractivity contribution in [3.8, 4) is 0 Å². The predicted octanol–water partition coefficient (Wildman–Crippen LogP) is 3.93. The Bertz CT molecular complexity index is 306. The number of ketones is 1. The highest BCUT2D eigenvalue weighted by atomic mass is 16.1. The van der Waals surface area contributed by atoms with Gasteiger partial charge in [0.2, 0.25) is 0 Å². The SMILES string of the molecule is O=C1CCCCC1C1CCCN1C1CCCCCC1. The lowest BCUT2D eigenvalue weighted by Crippen LogP contribution is -2.45. The molecule has 2 unspecified atom stereocenters. The van der Waals surface area contributed by atoms with Crippen LogP contribution in [0, 0.1) is 5.92 Å². The van der Waals surface area contributed by atoms with Gasteiger partial charge >= 0.3 is 0 Å². The fourth-order valence-corrected chi connectivity index (χ4v) is 4.71. The first-order valence-corrected chi connectivity index (χ1v) is 8.65. The Hall–Kier alpha value is -0.370. The Kier molecular flexibility index (Phi) is 4.57. The number of hydrogen-bond donors (Lipinski definition) is 0. The van der Waals surface area contributed by atoms with Crippen LogP contribution < -0.4 is 0 Å². The van der Waals surface area contributed by atoms with Crippen molar-refractivity contribution in [2.75, 3.05) is 6.54 Å². The zero-order valence-electron chi connectivity index (χ0n) is 12.3. The second kappa shape index (κ2) is 6.39. The number of hydrogen-bond acceptors (Lipinski definition) is 2. The van der Waals surface area contributed by atoms with E-state index >= 15 is 0 Å². The summed E-state index contributed by atoms with van der Waals surface area (Å²) in [5.74, 6) is 0.969. The summed E-state index contributed by atoms with van der Waals surface area (Å²) in [4.78, 5) is 15.0. The minimum atomic E-state index is 0.388. The molecule has 2 atom stereocenters. The van der Waals surface area contributed by atoms with Gasteiger partial charge in [0.25, 0.3) is 0 Å². The van der Waals surface area contributed by atoms with Crippen molar-refractivity contribution in [2.45, 2.75) is 89.1 Å². The fraction of sp³-hybridized carbons (Fsp3) is 0.941. The van der Waals surface area contributed by atoms with E-state index in [2.05, 4.69) is 4.90 Å². The van der Waals surface area contributed by atoms with Crippen molar-refractivity contribution >= 4 is 5.78 Å². The predicted molar refractivity (Wildman–Crippen MR) is 78.2 cm³/mol. The third-order valence-corrected chi connectivity index (χ3v) is 5.70. The van der Waals surface area contributed by atoms with E-state index < -0.39 is 0 Å². The van der Waals surface area contributed by atoms with Crippen molar-refractivity contribution in [2.24, 2.45) is 5.92 Å². The first-order chi connectivity index (χ1) is 9.36. The molecule has 1 aliphatic heterocycles. The average Bonchev–Trinajstić information content (AvgIpc) is 2.74. The topological polar surface area (TPSA) is 20.3 Å². The van der Waals surface area contributed by atoms with Gasteiger partial charge in [-0.2, -0.15) is 0 Å². The molecule has 0 bridgehead atoms. The largest absolute Gasteiger partial charge is 0.299 e. The lowest BCUT2D eigenvalue weighted by molar-refractivity contribution is -0.127. The molecule has 0 N–H and O–H groups in total. The lowest BCUT2D eigenvalue weighted by Gasteiger charge is -2.37. The minimum Gasteiger partial charge on any atom is -0.299 e. The smallest absolute Gasteiger partial charge is 0.137 e. The zero-order chi connectivity index (χ0) is 13.1. The van der Waals surface area contributed by atoms with Crippen molar-refractivity contribution < 1.29 is 4.79 Å². The average molecular weight is 263 g/mol. The van der Waals surface area contributed by atoms with Crippen molar-refractivity contribution in [1.82, 2.24) is 4.90 Å². The lowest BCUT2D eigenvalue weighted by atomic mass is 9.81. The standard InChI is InChI=1S/C17H29NO/c19-17-12-6-5-10-15(17)16-11-7-13-18(16)14-8-3-1-2-4-9-14/h14-16H,1-13H2. The highest BCUT2D eigenvalue weighted by Gasteiger charge is 2.39. The molecule has 2 saturated carbocycles. The number of likely N-dealkylation sites (tertiary alicyclic amines) is 1. The number of rotatable bonds is 2. The second-order valence-corrected chi connectivity index (χ2v) is 6.91. The summed E-state index contributed by atoms with van der Waals surface area (Å²) < 4.78 is 0. The summed E-state index contributed by atoms with van der Waals surface area (Å²) in [6.45, 7) is 1.26. The summed E-state index contributed by atoms with van der Waals surface area (Å²) in [7, 11) is 0. The van der Waals surface area contributed by atoms with Gasteiger partial charge in [-0.25, -0.2) is 0 Å². The van der Waals surface area contributed by atoms with Crippen LogP contribution in [-0.4, -0.2) is 29.3 Å². The Morgan fingerprint density at radius 3 is 2.26 bits per heavy atom. The molecular formula is C17H29NO. The molecule has 3 rings (SSSR count). The van der Waals surface area contributed by atoms with Crippen LogP contribution in [0.2, 0.25) is 0 Å². The molecule has 0 aromatic rings. The molecule has 2 nitrogen and oxygen atoms in total. The van der Waals surface area contributed by atoms with Crippen LogP contribution in [0.4, 0.5) is 0 Å². The monoisotopic (exact) mass is 263 g/mol. The number of carbonyl (C=O) groups excluding carboxylic acids is 1. The van der Waals surface area contributed by atoms with Gasteiger partial charge in [-0.15, -0.1) is 0 Å². The van der Waals surface area contributed by atoms with E-state index in [1.807, 2.05) is 0 Å². The van der Waals surface area contributed by atoms with E-state index in [9.17, 15) is 4.79 Å². The summed E-state index contributed by atoms with van der Waals surface area (Å²) in [5.41, 5.74) is 0. The van der Waals surface area contributed by atoms with Crippen LogP contribution in [0.15, 0.2) is 0 Å². The molecule has 0 amide bonds. The van der Waals surface area contributed by atoms with Gasteiger partial charge in [0.15, 0.2) is 0 Å². The molecular weight excluding hydrogens is 234 g/mol. The van der Waals surface area contributed by atoms with Gasteiger partial charge < -0.3 is 0 Å². The van der Waals surface area contributed by atoms with Crippen LogP contribution in [0.3, 0.4) is 0 Å². The maximum atomic E-state index is 12.3. The zero-order valence-corrected chi connectivity index (χ0v) is 12.3. The van der Waals surface area contributed by atoms with Crippen LogP contribution in [0.1, 0.15) is 77.0 Å². The number of Topliss-reactive ketones (excluding diaryl/α,β-unsaturated/α-hetero) is 1. The van der Waals surface area contributed by atoms with Gasteiger partial charge in [-0.1, -0.05) is 32.1 Å². The third kappa shape index (κ3) is 3.04. The minimum absolute atomic E-state index is 0.388. The third-order valence-electron chi connectivity index (χ3n) is 5.70. The normalized spacial score (nSPS) is 35.5. The Balaban J connectivity index is 1.67. The summed E-state index contributed by atoms with van der Waals surface area (Å²) in [6, 6.07) is 1.40. The van der Waals surface area contributed by atoms with Crippen molar-refractivity contribution in [3.05, 3.63) is 0 Å². The van der Waals surface area contributed by atoms with E-state index in [4.69, 9.17) is 0 Å². The fourth-order valence-electron chi connectivity index (χ4n) is 4.71. The van der Waals surface area contributed by atoms with E-state index in [1.165, 1.54) is 70.8 Å². The molecule has 2 aliphatic carbocycles. The first-order valence-electron chi connectivity index (χ1n) is 8.65. The van der Waals surface area contributed by atoms with Gasteiger partial charge in [-0.05, 0) is 45.1 Å². The van der Waals surface area contributed by atoms with Gasteiger partial charge in [-0.3, -0.25) is 9.69 Å². The molecule has 0 radical (unpaired) electrons. The molecule has 3 fully saturated rings. The van der Waals surface area contributed by atoms with Crippen LogP contribution in [0.5, 0.6) is 0 Å². The van der Waals surface area contributed by atoms with Crippen molar-refractivity contribution in [3.63, 3.8) is 0 Å². The van der Waals surface area contributed by atoms with E-state index in [0.29, 0.717) is 17.7 Å². The molecule has 19 heavy (non-hydrogen) atoms. The molecule has 0 aromatic carbocycles. The molecule has 3 aliphatic rings. The van der Waals surface area contributed by atoms with E-state index in [0.717, 1.165) is 18.9 Å². The molecule has 108 valence electrons. The highest BCUT2D eigenvalue weighted by Crippen LogP contribution is 2.36. The Labute approximate surface area is 117 Å². The van der Waals surface area contributed by atoms with Gasteiger partial charge in [0, 0.05) is 24.4 Å². The summed E-state index contributed by atoms with van der Waals surface area (Å²) >= 11 is 0. The van der Waals surface area contributed by atoms with Gasteiger partial charge in [0.05, 0.1) is 0 Å². The van der Waals surface area contributed by atoms with Crippen molar-refractivity contribution in [1.29, 1.82) is 0 Å². The number of nitrogens with zero attached hydrogens (tertiary/aromatic N) is 1. The number of carbonyl (C=O) groups is 1. The quantitative estimate of drug-likeness (QED) is 0.703. The van der Waals surface area contributed by atoms with Crippen LogP contribution >= 0.6 is 0 Å². The maximum Gasteiger partial charge on any atom is 0.137 e. The molecule has 1 saturated heterocycles. The molecule has 0 spiro atoms. The second-order valence-electron chi connectivity index (χ2n) is 6.91. The molecule has 0 aromatic heterocycles. The van der Waals surface area contributed by atoms with Crippen LogP contribution in [-0.2, 0) is 4.79 Å². The first kappa shape index (κ1) is 13.6. The Morgan fingerprint density at radius 2 is 1.53 bits per heavy atom. The highest BCUT2D eigenvalue weighted by molar-refractivity contribution is 5.82. The summed E-state index contributed by atoms with van der Waals surface area (Å²) in [6.07, 6.45) is 15.5. The van der Waals surface area contributed by atoms with E-state index in [-0.39, 0.29) is 0 Å². The van der Waals surface area contributed by atoms with Gasteiger partial charge in [0.1, 0.15) is 5.78 Å². The molecule has 1 heterocycles. The van der Waals surface area contributed by atoms with Crippen LogP contribution in [0.25, 0.3) is 0 Å². The van der Waals surface area contributed by atoms with E-state index in [1.54, 1.807) is 0 Å². The Morgan fingerprint density at radius 1 is 0.789 bits per heavy atom. The summed E-state index contributed by atoms with van der Waals surface area (Å²) in [5, 5.41) is 0. The molecule has 2 heteroatoms.